The third-order valence-corrected chi connectivity index (χ3v) is 11.1. The van der Waals surface area contributed by atoms with Gasteiger partial charge in [0.1, 0.15) is 11.7 Å². The highest BCUT2D eigenvalue weighted by Gasteiger charge is 2.75. The van der Waals surface area contributed by atoms with Crippen molar-refractivity contribution in [1.82, 2.24) is 0 Å². The van der Waals surface area contributed by atoms with Crippen LogP contribution in [-0.4, -0.2) is 40.4 Å². The van der Waals surface area contributed by atoms with Crippen LogP contribution in [0.15, 0.2) is 0 Å². The van der Waals surface area contributed by atoms with Crippen LogP contribution in [0, 0.1) is 46.3 Å². The molecule has 10 atom stereocenters. The lowest BCUT2D eigenvalue weighted by Gasteiger charge is -2.68. The molecule has 1 spiro atoms. The Kier molecular flexibility index (Phi) is 5.43. The highest BCUT2D eigenvalue weighted by molar-refractivity contribution is 5.94. The molecule has 0 amide bonds. The van der Waals surface area contributed by atoms with Crippen LogP contribution >= 0.6 is 0 Å². The van der Waals surface area contributed by atoms with Crippen molar-refractivity contribution in [1.29, 1.82) is 0 Å². The Morgan fingerprint density at radius 1 is 1.06 bits per heavy atom. The second kappa shape index (κ2) is 7.53. The van der Waals surface area contributed by atoms with Crippen LogP contribution in [0.3, 0.4) is 0 Å². The first-order chi connectivity index (χ1) is 14.6. The number of fused-ring (bicyclic) bond motifs is 2. The molecule has 2 aliphatic heterocycles. The van der Waals surface area contributed by atoms with Gasteiger partial charge in [-0.05, 0) is 79.4 Å². The van der Waals surface area contributed by atoms with Crippen molar-refractivity contribution in [3.05, 3.63) is 0 Å². The van der Waals surface area contributed by atoms with E-state index in [9.17, 15) is 15.0 Å². The van der Waals surface area contributed by atoms with E-state index in [1.165, 1.54) is 38.5 Å². The molecule has 31 heavy (non-hydrogen) atoms. The molecule has 2 heterocycles. The number of hydrogen-bond acceptors (Lipinski definition) is 4. The summed E-state index contributed by atoms with van der Waals surface area (Å²) in [6.07, 6.45) is 9.39. The van der Waals surface area contributed by atoms with Crippen molar-refractivity contribution < 1.29 is 19.7 Å². The van der Waals surface area contributed by atoms with E-state index in [0.717, 1.165) is 30.6 Å². The van der Waals surface area contributed by atoms with Crippen molar-refractivity contribution >= 4 is 5.78 Å². The minimum atomic E-state index is -1.37. The average Bonchev–Trinajstić information content (AvgIpc) is 3.07. The molecular formula is C27H44O4. The molecule has 1 unspecified atom stereocenters. The number of aliphatic hydroxyl groups is 2. The molecule has 6 fully saturated rings. The summed E-state index contributed by atoms with van der Waals surface area (Å²) < 4.78 is 6.27. The van der Waals surface area contributed by atoms with Crippen molar-refractivity contribution in [2.45, 2.75) is 110 Å². The summed E-state index contributed by atoms with van der Waals surface area (Å²) in [6.45, 7) is 10.1. The van der Waals surface area contributed by atoms with Gasteiger partial charge in [-0.2, -0.15) is 0 Å². The van der Waals surface area contributed by atoms with Gasteiger partial charge in [-0.25, -0.2) is 0 Å². The lowest BCUT2D eigenvalue weighted by atomic mass is 9.40. The minimum Gasteiger partial charge on any atom is -0.393 e. The zero-order valence-electron chi connectivity index (χ0n) is 20.1. The monoisotopic (exact) mass is 432 g/mol. The van der Waals surface area contributed by atoms with E-state index in [1.807, 2.05) is 0 Å². The molecule has 4 nitrogen and oxygen atoms in total. The van der Waals surface area contributed by atoms with Gasteiger partial charge in [0, 0.05) is 11.8 Å². The van der Waals surface area contributed by atoms with Crippen LogP contribution in [0.2, 0.25) is 0 Å². The van der Waals surface area contributed by atoms with Crippen LogP contribution in [-0.2, 0) is 9.53 Å². The molecule has 4 saturated carbocycles. The maximum atomic E-state index is 13.6. The molecule has 4 heteroatoms. The van der Waals surface area contributed by atoms with Gasteiger partial charge in [0.25, 0.3) is 0 Å². The Labute approximate surface area is 188 Å². The summed E-state index contributed by atoms with van der Waals surface area (Å²) in [5, 5.41) is 21.9. The van der Waals surface area contributed by atoms with Crippen LogP contribution in [0.25, 0.3) is 0 Å². The molecule has 4 aliphatic carbocycles. The Morgan fingerprint density at radius 3 is 2.58 bits per heavy atom. The number of ether oxygens (including phenoxy) is 1. The Morgan fingerprint density at radius 2 is 1.84 bits per heavy atom. The molecule has 0 aromatic heterocycles. The van der Waals surface area contributed by atoms with Gasteiger partial charge in [-0.3, -0.25) is 4.79 Å². The summed E-state index contributed by atoms with van der Waals surface area (Å²) in [4.78, 5) is 13.6. The molecule has 6 aliphatic rings. The van der Waals surface area contributed by atoms with Crippen LogP contribution in [0.1, 0.15) is 91.9 Å². The molecule has 2 saturated heterocycles. The molecule has 0 aromatic rings. The molecular weight excluding hydrogens is 388 g/mol. The summed E-state index contributed by atoms with van der Waals surface area (Å²) in [5.74, 6) is 3.33. The van der Waals surface area contributed by atoms with Crippen molar-refractivity contribution in [2.24, 2.45) is 46.3 Å². The summed E-state index contributed by atoms with van der Waals surface area (Å²) >= 11 is 0. The maximum absolute atomic E-state index is 13.6. The maximum Gasteiger partial charge on any atom is 0.194 e. The minimum absolute atomic E-state index is 0.101. The summed E-state index contributed by atoms with van der Waals surface area (Å²) in [6, 6.07) is 0. The van der Waals surface area contributed by atoms with E-state index in [-0.39, 0.29) is 18.1 Å². The average molecular weight is 433 g/mol. The van der Waals surface area contributed by atoms with E-state index in [2.05, 4.69) is 27.7 Å². The van der Waals surface area contributed by atoms with Crippen LogP contribution in [0.4, 0.5) is 0 Å². The van der Waals surface area contributed by atoms with Crippen LogP contribution in [0.5, 0.6) is 0 Å². The number of hydrogen-bond donors (Lipinski definition) is 2. The Balaban J connectivity index is 1.40. The van der Waals surface area contributed by atoms with Gasteiger partial charge in [0.05, 0.1) is 12.7 Å². The highest BCUT2D eigenvalue weighted by Crippen LogP contribution is 2.70. The second-order valence-electron chi connectivity index (χ2n) is 12.8. The normalized spacial score (nSPS) is 52.0. The molecule has 2 bridgehead atoms. The van der Waals surface area contributed by atoms with Crippen molar-refractivity contribution in [2.75, 3.05) is 6.61 Å². The molecule has 176 valence electrons. The first-order valence-electron chi connectivity index (χ1n) is 13.2. The fourth-order valence-electron chi connectivity index (χ4n) is 9.54. The Hall–Kier alpha value is -0.450. The molecule has 6 rings (SSSR count). The number of ketones is 1. The zero-order valence-corrected chi connectivity index (χ0v) is 20.1. The van der Waals surface area contributed by atoms with Gasteiger partial charge < -0.3 is 14.9 Å². The number of carbonyl (C=O) groups excluding carboxylic acids is 1. The molecule has 2 N–H and O–H groups in total. The largest absolute Gasteiger partial charge is 0.393 e. The third-order valence-electron chi connectivity index (χ3n) is 11.1. The zero-order chi connectivity index (χ0) is 22.2. The fraction of sp³-hybridized carbons (Fsp3) is 0.963. The highest BCUT2D eigenvalue weighted by atomic mass is 16.5. The Bertz CT molecular complexity index is 720. The quantitative estimate of drug-likeness (QED) is 0.658. The lowest BCUT2D eigenvalue weighted by Crippen LogP contribution is -2.77. The topological polar surface area (TPSA) is 66.8 Å². The van der Waals surface area contributed by atoms with Gasteiger partial charge in [-0.1, -0.05) is 47.0 Å². The SMILES string of the molecule is CC(C)CCCC(C)[C@H]1CC[C@H]2[C@@H]3[C@H]4OC[C@@]5(CC[C@H](O)C[C@]5(O)C4=O)[C@H]3CC[C@]12C. The third kappa shape index (κ3) is 2.99. The second-order valence-corrected chi connectivity index (χ2v) is 12.8. The van der Waals surface area contributed by atoms with Crippen LogP contribution < -0.4 is 0 Å². The fourth-order valence-corrected chi connectivity index (χ4v) is 9.54. The summed E-state index contributed by atoms with van der Waals surface area (Å²) in [7, 11) is 0. The first kappa shape index (κ1) is 22.3. The molecule has 0 radical (unpaired) electrons. The lowest BCUT2D eigenvalue weighted by molar-refractivity contribution is -0.295. The van der Waals surface area contributed by atoms with Gasteiger partial charge in [0.2, 0.25) is 0 Å². The van der Waals surface area contributed by atoms with E-state index in [0.29, 0.717) is 30.3 Å². The van der Waals surface area contributed by atoms with E-state index < -0.39 is 23.2 Å². The number of rotatable bonds is 5. The van der Waals surface area contributed by atoms with E-state index in [1.54, 1.807) is 0 Å². The number of carbonyl (C=O) groups is 1. The van der Waals surface area contributed by atoms with Gasteiger partial charge in [0.15, 0.2) is 5.78 Å². The van der Waals surface area contributed by atoms with Gasteiger partial charge >= 0.3 is 0 Å². The van der Waals surface area contributed by atoms with Crippen molar-refractivity contribution in [3.8, 4) is 0 Å². The number of aliphatic hydroxyl groups excluding tert-OH is 1. The standard InChI is InChI=1S/C27H44O4/c1-16(2)6-5-7-17(3)19-8-9-20-22-21(11-12-25(19,20)4)26-13-10-18(28)14-27(26,30)24(29)23(22)31-15-26/h16-23,28,30H,5-15H2,1-4H3/t17?,18-,19+,20-,21-,22-,23+,25+,26-,27-/m0/s1. The summed E-state index contributed by atoms with van der Waals surface area (Å²) in [5.41, 5.74) is -1.54. The predicted octanol–water partition coefficient (Wildman–Crippen LogP) is 4.75. The van der Waals surface area contributed by atoms with E-state index in [4.69, 9.17) is 4.74 Å². The van der Waals surface area contributed by atoms with Crippen molar-refractivity contribution in [3.63, 3.8) is 0 Å². The smallest absolute Gasteiger partial charge is 0.194 e. The van der Waals surface area contributed by atoms with Gasteiger partial charge in [-0.15, -0.1) is 0 Å². The first-order valence-corrected chi connectivity index (χ1v) is 13.2. The van der Waals surface area contributed by atoms with E-state index >= 15 is 0 Å². The predicted molar refractivity (Wildman–Crippen MR) is 120 cm³/mol. The molecule has 0 aromatic carbocycles. The number of Topliss-reactive ketones (excluding diaryl/α,β-unsaturated/α-hetero) is 1.